The van der Waals surface area contributed by atoms with E-state index in [4.69, 9.17) is 10.6 Å². The minimum atomic E-state index is -0.354. The Hall–Kier alpha value is -1.55. The number of hydrazine groups is 1. The zero-order chi connectivity index (χ0) is 8.97. The highest BCUT2D eigenvalue weighted by Gasteiger charge is 2.08. The molecular weight excluding hydrogens is 156 g/mol. The Kier molecular flexibility index (Phi) is 2.66. The highest BCUT2D eigenvalue weighted by molar-refractivity contribution is 5.96. The van der Waals surface area contributed by atoms with Gasteiger partial charge < -0.3 is 4.74 Å². The van der Waals surface area contributed by atoms with E-state index in [0.717, 1.165) is 0 Å². The Bertz CT molecular complexity index is 286. The number of nitrogen functional groups attached to an aromatic ring is 1. The van der Waals surface area contributed by atoms with Gasteiger partial charge in [0, 0.05) is 0 Å². The van der Waals surface area contributed by atoms with Gasteiger partial charge in [-0.25, -0.2) is 5.84 Å². The summed E-state index contributed by atoms with van der Waals surface area (Å²) in [6, 6.07) is 6.87. The van der Waals surface area contributed by atoms with Crippen molar-refractivity contribution in [2.75, 3.05) is 7.11 Å². The number of rotatable bonds is 2. The first-order chi connectivity index (χ1) is 5.79. The lowest BCUT2D eigenvalue weighted by atomic mass is 10.2. The Morgan fingerprint density at radius 2 is 2.17 bits per heavy atom. The Balaban J connectivity index is 3.04. The summed E-state index contributed by atoms with van der Waals surface area (Å²) < 4.78 is 4.95. The predicted octanol–water partition coefficient (Wildman–Crippen LogP) is 0.299. The van der Waals surface area contributed by atoms with Crippen molar-refractivity contribution in [1.29, 1.82) is 0 Å². The molecule has 0 fully saturated rings. The van der Waals surface area contributed by atoms with E-state index in [1.165, 1.54) is 7.11 Å². The summed E-state index contributed by atoms with van der Waals surface area (Å²) in [7, 11) is 1.50. The summed E-state index contributed by atoms with van der Waals surface area (Å²) >= 11 is 0. The van der Waals surface area contributed by atoms with Gasteiger partial charge in [-0.1, -0.05) is 12.1 Å². The number of hydrogen-bond acceptors (Lipinski definition) is 3. The number of hydrogen-bond donors (Lipinski definition) is 2. The van der Waals surface area contributed by atoms with Gasteiger partial charge >= 0.3 is 0 Å². The zero-order valence-electron chi connectivity index (χ0n) is 6.70. The van der Waals surface area contributed by atoms with Crippen LogP contribution in [0.4, 0.5) is 0 Å². The second kappa shape index (κ2) is 3.73. The van der Waals surface area contributed by atoms with Crippen LogP contribution in [0.1, 0.15) is 10.4 Å². The third-order valence-electron chi connectivity index (χ3n) is 1.48. The van der Waals surface area contributed by atoms with Crippen molar-refractivity contribution in [2.24, 2.45) is 5.84 Å². The molecule has 0 saturated heterocycles. The minimum absolute atomic E-state index is 0.354. The molecule has 0 saturated carbocycles. The van der Waals surface area contributed by atoms with Crippen LogP contribution < -0.4 is 16.0 Å². The normalized spacial score (nSPS) is 9.17. The summed E-state index contributed by atoms with van der Waals surface area (Å²) in [5.74, 6) is 5.13. The van der Waals surface area contributed by atoms with Crippen LogP contribution in [0.15, 0.2) is 24.3 Å². The third-order valence-corrected chi connectivity index (χ3v) is 1.48. The van der Waals surface area contributed by atoms with Gasteiger partial charge in [0.1, 0.15) is 5.75 Å². The van der Waals surface area contributed by atoms with Crippen LogP contribution in [0.5, 0.6) is 5.75 Å². The highest BCUT2D eigenvalue weighted by Crippen LogP contribution is 2.16. The van der Waals surface area contributed by atoms with Crippen LogP contribution in [0.2, 0.25) is 0 Å². The van der Waals surface area contributed by atoms with Gasteiger partial charge in [-0.3, -0.25) is 10.2 Å². The van der Waals surface area contributed by atoms with Crippen molar-refractivity contribution in [3.63, 3.8) is 0 Å². The van der Waals surface area contributed by atoms with E-state index in [0.29, 0.717) is 11.3 Å². The molecule has 0 unspecified atom stereocenters. The van der Waals surface area contributed by atoms with E-state index in [9.17, 15) is 4.79 Å². The molecule has 0 heterocycles. The fourth-order valence-electron chi connectivity index (χ4n) is 0.910. The maximum atomic E-state index is 11.1. The molecule has 0 radical (unpaired) electrons. The van der Waals surface area contributed by atoms with E-state index >= 15 is 0 Å². The number of ether oxygens (including phenoxy) is 1. The van der Waals surface area contributed by atoms with Gasteiger partial charge in [0.2, 0.25) is 0 Å². The Morgan fingerprint density at radius 1 is 1.50 bits per heavy atom. The van der Waals surface area contributed by atoms with E-state index in [1.807, 2.05) is 5.43 Å². The first kappa shape index (κ1) is 8.55. The molecule has 12 heavy (non-hydrogen) atoms. The van der Waals surface area contributed by atoms with Gasteiger partial charge in [0.15, 0.2) is 0 Å². The number of amides is 1. The molecule has 0 aliphatic carbocycles. The van der Waals surface area contributed by atoms with E-state index < -0.39 is 0 Å². The van der Waals surface area contributed by atoms with Crippen molar-refractivity contribution >= 4 is 5.91 Å². The monoisotopic (exact) mass is 166 g/mol. The molecule has 0 atom stereocenters. The zero-order valence-corrected chi connectivity index (χ0v) is 6.70. The first-order valence-electron chi connectivity index (χ1n) is 3.43. The number of carbonyl (C=O) groups is 1. The number of para-hydroxylation sites is 1. The average molecular weight is 166 g/mol. The van der Waals surface area contributed by atoms with Crippen molar-refractivity contribution in [2.45, 2.75) is 0 Å². The topological polar surface area (TPSA) is 64.3 Å². The van der Waals surface area contributed by atoms with Crippen LogP contribution in [-0.4, -0.2) is 13.0 Å². The maximum Gasteiger partial charge on any atom is 0.268 e. The molecule has 4 nitrogen and oxygen atoms in total. The molecule has 1 rings (SSSR count). The SMILES string of the molecule is COc1ccccc1C(=O)NN. The van der Waals surface area contributed by atoms with E-state index in [-0.39, 0.29) is 5.91 Å². The van der Waals surface area contributed by atoms with Crippen LogP contribution >= 0.6 is 0 Å². The lowest BCUT2D eigenvalue weighted by Gasteiger charge is -2.05. The molecule has 0 aromatic heterocycles. The van der Waals surface area contributed by atoms with E-state index in [2.05, 4.69) is 0 Å². The summed E-state index contributed by atoms with van der Waals surface area (Å²) in [6.45, 7) is 0. The molecule has 0 spiro atoms. The van der Waals surface area contributed by atoms with Gasteiger partial charge in [0.05, 0.1) is 12.7 Å². The summed E-state index contributed by atoms with van der Waals surface area (Å²) in [6.07, 6.45) is 0. The van der Waals surface area contributed by atoms with Crippen molar-refractivity contribution in [3.05, 3.63) is 29.8 Å². The molecule has 64 valence electrons. The number of benzene rings is 1. The Labute approximate surface area is 70.3 Å². The number of nitrogens with two attached hydrogens (primary N) is 1. The number of nitrogens with one attached hydrogen (secondary N) is 1. The standard InChI is InChI=1S/C8H10N2O2/c1-12-7-5-3-2-4-6(7)8(11)10-9/h2-5H,9H2,1H3,(H,10,11). The molecule has 0 aliphatic heterocycles. The predicted molar refractivity (Wildman–Crippen MR) is 44.6 cm³/mol. The van der Waals surface area contributed by atoms with Crippen LogP contribution in [0.3, 0.4) is 0 Å². The third kappa shape index (κ3) is 1.54. The smallest absolute Gasteiger partial charge is 0.268 e. The van der Waals surface area contributed by atoms with Crippen LogP contribution in [0, 0.1) is 0 Å². The van der Waals surface area contributed by atoms with Crippen LogP contribution in [-0.2, 0) is 0 Å². The van der Waals surface area contributed by atoms with Crippen molar-refractivity contribution < 1.29 is 9.53 Å². The molecule has 3 N–H and O–H groups in total. The van der Waals surface area contributed by atoms with Gasteiger partial charge in [0.25, 0.3) is 5.91 Å². The van der Waals surface area contributed by atoms with Gasteiger partial charge in [-0.2, -0.15) is 0 Å². The molecular formula is C8H10N2O2. The molecule has 1 amide bonds. The summed E-state index contributed by atoms with van der Waals surface area (Å²) in [4.78, 5) is 11.1. The lowest BCUT2D eigenvalue weighted by molar-refractivity contribution is 0.0950. The minimum Gasteiger partial charge on any atom is -0.496 e. The van der Waals surface area contributed by atoms with Gasteiger partial charge in [-0.15, -0.1) is 0 Å². The fraction of sp³-hybridized carbons (Fsp3) is 0.125. The Morgan fingerprint density at radius 3 is 2.75 bits per heavy atom. The fourth-order valence-corrected chi connectivity index (χ4v) is 0.910. The molecule has 4 heteroatoms. The average Bonchev–Trinajstić information content (AvgIpc) is 2.16. The van der Waals surface area contributed by atoms with Crippen molar-refractivity contribution in [3.8, 4) is 5.75 Å². The van der Waals surface area contributed by atoms with E-state index in [1.54, 1.807) is 24.3 Å². The molecule has 0 bridgehead atoms. The summed E-state index contributed by atoms with van der Waals surface area (Å²) in [5.41, 5.74) is 2.47. The quantitative estimate of drug-likeness (QED) is 0.377. The second-order valence-corrected chi connectivity index (χ2v) is 2.17. The van der Waals surface area contributed by atoms with Gasteiger partial charge in [-0.05, 0) is 12.1 Å². The molecule has 1 aromatic carbocycles. The lowest BCUT2D eigenvalue weighted by Crippen LogP contribution is -2.30. The van der Waals surface area contributed by atoms with Crippen LogP contribution in [0.25, 0.3) is 0 Å². The first-order valence-corrected chi connectivity index (χ1v) is 3.43. The highest BCUT2D eigenvalue weighted by atomic mass is 16.5. The molecule has 0 aliphatic rings. The second-order valence-electron chi connectivity index (χ2n) is 2.17. The largest absolute Gasteiger partial charge is 0.496 e. The summed E-state index contributed by atoms with van der Waals surface area (Å²) in [5, 5.41) is 0. The molecule has 1 aromatic rings. The maximum absolute atomic E-state index is 11.1. The number of methoxy groups -OCH3 is 1. The van der Waals surface area contributed by atoms with Crippen molar-refractivity contribution in [1.82, 2.24) is 5.43 Å². The number of carbonyl (C=O) groups excluding carboxylic acids is 1.